The molecular formula is C15H17NO2. The van der Waals surface area contributed by atoms with Gasteiger partial charge < -0.3 is 4.90 Å². The molecule has 0 saturated heterocycles. The third-order valence-corrected chi connectivity index (χ3v) is 4.05. The standard InChI is InChI=1S/C15H17NO2/c17-14(11-5-1-2-6-11)10-16-9-12-7-3-4-8-13(12)15(16)18/h3-4,7-8,11H,1-2,5-6,9-10H2. The van der Waals surface area contributed by atoms with Crippen LogP contribution in [0, 0.1) is 5.92 Å². The Morgan fingerprint density at radius 1 is 1.22 bits per heavy atom. The molecule has 3 heteroatoms. The summed E-state index contributed by atoms with van der Waals surface area (Å²) < 4.78 is 0. The monoisotopic (exact) mass is 243 g/mol. The fourth-order valence-corrected chi connectivity index (χ4v) is 3.01. The molecule has 1 aliphatic heterocycles. The lowest BCUT2D eigenvalue weighted by Gasteiger charge is -2.17. The number of hydrogen-bond acceptors (Lipinski definition) is 2. The summed E-state index contributed by atoms with van der Waals surface area (Å²) in [5.41, 5.74) is 1.80. The Balaban J connectivity index is 1.69. The van der Waals surface area contributed by atoms with Gasteiger partial charge in [0.05, 0.1) is 6.54 Å². The van der Waals surface area contributed by atoms with E-state index in [0.29, 0.717) is 6.54 Å². The van der Waals surface area contributed by atoms with Gasteiger partial charge >= 0.3 is 0 Å². The Morgan fingerprint density at radius 2 is 1.94 bits per heavy atom. The lowest BCUT2D eigenvalue weighted by atomic mass is 10.0. The van der Waals surface area contributed by atoms with Crippen molar-refractivity contribution in [3.05, 3.63) is 35.4 Å². The van der Waals surface area contributed by atoms with Crippen LogP contribution in [0.5, 0.6) is 0 Å². The molecule has 3 rings (SSSR count). The summed E-state index contributed by atoms with van der Waals surface area (Å²) in [6, 6.07) is 7.62. The van der Waals surface area contributed by atoms with Crippen molar-refractivity contribution >= 4 is 11.7 Å². The highest BCUT2D eigenvalue weighted by molar-refractivity contribution is 6.00. The zero-order chi connectivity index (χ0) is 12.5. The molecule has 1 aliphatic carbocycles. The Kier molecular flexibility index (Phi) is 2.90. The van der Waals surface area contributed by atoms with Crippen LogP contribution < -0.4 is 0 Å². The predicted molar refractivity (Wildman–Crippen MR) is 68.1 cm³/mol. The van der Waals surface area contributed by atoms with E-state index in [4.69, 9.17) is 0 Å². The lowest BCUT2D eigenvalue weighted by molar-refractivity contribution is -0.123. The van der Waals surface area contributed by atoms with Crippen LogP contribution in [0.1, 0.15) is 41.6 Å². The molecule has 2 aliphatic rings. The Labute approximate surface area is 107 Å². The second-order valence-corrected chi connectivity index (χ2v) is 5.27. The topological polar surface area (TPSA) is 37.4 Å². The fourth-order valence-electron chi connectivity index (χ4n) is 3.01. The molecule has 1 fully saturated rings. The van der Waals surface area contributed by atoms with Gasteiger partial charge in [-0.3, -0.25) is 9.59 Å². The molecule has 0 atom stereocenters. The van der Waals surface area contributed by atoms with Crippen LogP contribution in [0.2, 0.25) is 0 Å². The van der Waals surface area contributed by atoms with Crippen molar-refractivity contribution in [1.82, 2.24) is 4.90 Å². The molecule has 0 N–H and O–H groups in total. The first-order valence-corrected chi connectivity index (χ1v) is 6.65. The maximum absolute atomic E-state index is 12.1. The molecule has 0 radical (unpaired) electrons. The summed E-state index contributed by atoms with van der Waals surface area (Å²) in [6.45, 7) is 0.881. The van der Waals surface area contributed by atoms with Gasteiger partial charge in [-0.15, -0.1) is 0 Å². The van der Waals surface area contributed by atoms with Gasteiger partial charge in [0.25, 0.3) is 5.91 Å². The zero-order valence-electron chi connectivity index (χ0n) is 10.4. The van der Waals surface area contributed by atoms with Crippen molar-refractivity contribution in [3.63, 3.8) is 0 Å². The van der Waals surface area contributed by atoms with E-state index >= 15 is 0 Å². The van der Waals surface area contributed by atoms with Crippen LogP contribution >= 0.6 is 0 Å². The van der Waals surface area contributed by atoms with Gasteiger partial charge in [0.1, 0.15) is 0 Å². The Bertz CT molecular complexity index is 489. The average Bonchev–Trinajstić information content (AvgIpc) is 3.00. The molecule has 0 spiro atoms. The molecule has 0 unspecified atom stereocenters. The SMILES string of the molecule is O=C(CN1Cc2ccccc2C1=O)C1CCCC1. The molecule has 3 nitrogen and oxygen atoms in total. The maximum atomic E-state index is 12.1. The van der Waals surface area contributed by atoms with Gasteiger partial charge in [-0.05, 0) is 24.5 Å². The summed E-state index contributed by atoms with van der Waals surface area (Å²) in [5.74, 6) is 0.451. The molecule has 18 heavy (non-hydrogen) atoms. The van der Waals surface area contributed by atoms with Gasteiger partial charge in [-0.2, -0.15) is 0 Å². The van der Waals surface area contributed by atoms with Crippen LogP contribution in [0.4, 0.5) is 0 Å². The summed E-state index contributed by atoms with van der Waals surface area (Å²) in [4.78, 5) is 25.9. The second kappa shape index (κ2) is 4.56. The summed E-state index contributed by atoms with van der Waals surface area (Å²) in [6.07, 6.45) is 4.33. The first-order chi connectivity index (χ1) is 8.75. The van der Waals surface area contributed by atoms with Gasteiger partial charge in [-0.25, -0.2) is 0 Å². The quantitative estimate of drug-likeness (QED) is 0.817. The predicted octanol–water partition coefficient (Wildman–Crippen LogP) is 2.40. The number of carbonyl (C=O) groups excluding carboxylic acids is 2. The number of nitrogens with zero attached hydrogens (tertiary/aromatic N) is 1. The van der Waals surface area contributed by atoms with Crippen molar-refractivity contribution in [2.45, 2.75) is 32.2 Å². The smallest absolute Gasteiger partial charge is 0.254 e. The highest BCUT2D eigenvalue weighted by Gasteiger charge is 2.31. The highest BCUT2D eigenvalue weighted by Crippen LogP contribution is 2.27. The third kappa shape index (κ3) is 1.94. The largest absolute Gasteiger partial charge is 0.327 e. The molecule has 0 bridgehead atoms. The minimum absolute atomic E-state index is 0.0111. The van der Waals surface area contributed by atoms with E-state index in [1.165, 1.54) is 0 Å². The fraction of sp³-hybridized carbons (Fsp3) is 0.467. The molecule has 94 valence electrons. The van der Waals surface area contributed by atoms with Crippen molar-refractivity contribution in [2.24, 2.45) is 5.92 Å². The molecule has 1 heterocycles. The zero-order valence-corrected chi connectivity index (χ0v) is 10.4. The molecule has 1 aromatic carbocycles. The lowest BCUT2D eigenvalue weighted by Crippen LogP contribution is -2.32. The second-order valence-electron chi connectivity index (χ2n) is 5.27. The van der Waals surface area contributed by atoms with Gasteiger partial charge in [0, 0.05) is 18.0 Å². The number of benzene rings is 1. The highest BCUT2D eigenvalue weighted by atomic mass is 16.2. The average molecular weight is 243 g/mol. The van der Waals surface area contributed by atoms with Gasteiger partial charge in [0.15, 0.2) is 5.78 Å². The maximum Gasteiger partial charge on any atom is 0.254 e. The molecule has 0 aromatic heterocycles. The first kappa shape index (κ1) is 11.5. The van der Waals surface area contributed by atoms with E-state index < -0.39 is 0 Å². The Morgan fingerprint density at radius 3 is 2.67 bits per heavy atom. The molecular weight excluding hydrogens is 226 g/mol. The van der Waals surface area contributed by atoms with E-state index in [1.54, 1.807) is 4.90 Å². The minimum atomic E-state index is 0.0111. The Hall–Kier alpha value is -1.64. The van der Waals surface area contributed by atoms with Crippen LogP contribution in [0.3, 0.4) is 0 Å². The molecule has 1 aromatic rings. The van der Waals surface area contributed by atoms with Gasteiger partial charge in [0.2, 0.25) is 0 Å². The number of rotatable bonds is 3. The van der Waals surface area contributed by atoms with E-state index in [1.807, 2.05) is 24.3 Å². The van der Waals surface area contributed by atoms with Crippen LogP contribution in [-0.2, 0) is 11.3 Å². The molecule has 1 amide bonds. The summed E-state index contributed by atoms with van der Waals surface area (Å²) >= 11 is 0. The number of hydrogen-bond donors (Lipinski definition) is 0. The summed E-state index contributed by atoms with van der Waals surface area (Å²) in [5, 5.41) is 0. The van der Waals surface area contributed by atoms with Crippen molar-refractivity contribution in [2.75, 3.05) is 6.54 Å². The third-order valence-electron chi connectivity index (χ3n) is 4.05. The normalized spacial score (nSPS) is 19.3. The van der Waals surface area contributed by atoms with E-state index in [-0.39, 0.29) is 24.2 Å². The van der Waals surface area contributed by atoms with Crippen molar-refractivity contribution in [1.29, 1.82) is 0 Å². The van der Waals surface area contributed by atoms with E-state index in [0.717, 1.165) is 36.8 Å². The number of ketones is 1. The number of amides is 1. The minimum Gasteiger partial charge on any atom is -0.327 e. The van der Waals surface area contributed by atoms with Crippen molar-refractivity contribution < 1.29 is 9.59 Å². The van der Waals surface area contributed by atoms with Gasteiger partial charge in [-0.1, -0.05) is 31.0 Å². The molecule has 1 saturated carbocycles. The number of Topliss-reactive ketones (excluding diaryl/α,β-unsaturated/α-hetero) is 1. The number of carbonyl (C=O) groups is 2. The van der Waals surface area contributed by atoms with E-state index in [2.05, 4.69) is 0 Å². The number of fused-ring (bicyclic) bond motifs is 1. The van der Waals surface area contributed by atoms with E-state index in [9.17, 15) is 9.59 Å². The summed E-state index contributed by atoms with van der Waals surface area (Å²) in [7, 11) is 0. The van der Waals surface area contributed by atoms with Crippen LogP contribution in [0.25, 0.3) is 0 Å². The van der Waals surface area contributed by atoms with Crippen molar-refractivity contribution in [3.8, 4) is 0 Å². The van der Waals surface area contributed by atoms with Crippen LogP contribution in [0.15, 0.2) is 24.3 Å². The van der Waals surface area contributed by atoms with Crippen LogP contribution in [-0.4, -0.2) is 23.1 Å². The first-order valence-electron chi connectivity index (χ1n) is 6.65.